The normalized spacial score (nSPS) is 17.9. The highest BCUT2D eigenvalue weighted by atomic mass is 16.2. The van der Waals surface area contributed by atoms with E-state index in [0.29, 0.717) is 11.6 Å². The molecule has 0 bridgehead atoms. The summed E-state index contributed by atoms with van der Waals surface area (Å²) in [4.78, 5) is 28.7. The number of anilines is 2. The van der Waals surface area contributed by atoms with Gasteiger partial charge in [-0.1, -0.05) is 25.0 Å². The van der Waals surface area contributed by atoms with Crippen molar-refractivity contribution in [1.29, 1.82) is 0 Å². The zero-order valence-electron chi connectivity index (χ0n) is 17.6. The maximum atomic E-state index is 13.1. The summed E-state index contributed by atoms with van der Waals surface area (Å²) >= 11 is 0. The maximum absolute atomic E-state index is 13.1. The van der Waals surface area contributed by atoms with E-state index in [4.69, 9.17) is 0 Å². The smallest absolute Gasteiger partial charge is 0.272 e. The summed E-state index contributed by atoms with van der Waals surface area (Å²) in [6.07, 6.45) is 6.59. The Hall–Kier alpha value is -2.63. The molecule has 29 heavy (non-hydrogen) atoms. The number of hydrogen-bond donors (Lipinski definition) is 0. The Kier molecular flexibility index (Phi) is 5.97. The Labute approximate surface area is 173 Å². The number of benzene rings is 1. The van der Waals surface area contributed by atoms with Crippen molar-refractivity contribution < 1.29 is 4.79 Å². The second kappa shape index (κ2) is 8.80. The second-order valence-corrected chi connectivity index (χ2v) is 8.14. The summed E-state index contributed by atoms with van der Waals surface area (Å²) in [6.45, 7) is 9.41. The van der Waals surface area contributed by atoms with Crippen LogP contribution in [0.15, 0.2) is 30.5 Å². The van der Waals surface area contributed by atoms with E-state index in [2.05, 4.69) is 51.8 Å². The Morgan fingerprint density at radius 1 is 0.862 bits per heavy atom. The topological polar surface area (TPSA) is 52.6 Å². The first-order valence-corrected chi connectivity index (χ1v) is 10.8. The first-order chi connectivity index (χ1) is 14.1. The summed E-state index contributed by atoms with van der Waals surface area (Å²) in [5.41, 5.74) is 4.43. The van der Waals surface area contributed by atoms with Gasteiger partial charge in [-0.05, 0) is 49.9 Å². The lowest BCUT2D eigenvalue weighted by molar-refractivity contribution is 0.0740. The third-order valence-corrected chi connectivity index (χ3v) is 6.23. The number of amides is 1. The molecule has 0 N–H and O–H groups in total. The van der Waals surface area contributed by atoms with Crippen LogP contribution in [-0.2, 0) is 0 Å². The molecule has 0 unspecified atom stereocenters. The van der Waals surface area contributed by atoms with E-state index in [1.807, 2.05) is 4.90 Å². The van der Waals surface area contributed by atoms with Gasteiger partial charge < -0.3 is 14.7 Å². The number of hydrogen-bond acceptors (Lipinski definition) is 5. The van der Waals surface area contributed by atoms with Crippen molar-refractivity contribution in [3.05, 3.63) is 47.3 Å². The highest BCUT2D eigenvalue weighted by Gasteiger charge is 2.25. The van der Waals surface area contributed by atoms with E-state index >= 15 is 0 Å². The zero-order valence-corrected chi connectivity index (χ0v) is 17.6. The minimum Gasteiger partial charge on any atom is -0.368 e. The molecule has 1 aromatic heterocycles. The predicted octanol–water partition coefficient (Wildman–Crippen LogP) is 3.44. The van der Waals surface area contributed by atoms with Gasteiger partial charge in [0.05, 0.1) is 0 Å². The van der Waals surface area contributed by atoms with Crippen molar-refractivity contribution in [1.82, 2.24) is 14.9 Å². The molecule has 2 aliphatic heterocycles. The average Bonchev–Trinajstić information content (AvgIpc) is 3.05. The number of carbonyl (C=O) groups excluding carboxylic acids is 1. The van der Waals surface area contributed by atoms with E-state index in [1.54, 1.807) is 12.3 Å². The molecular formula is C23H31N5O. The quantitative estimate of drug-likeness (QED) is 0.800. The van der Waals surface area contributed by atoms with Crippen molar-refractivity contribution >= 4 is 17.5 Å². The first kappa shape index (κ1) is 19.7. The van der Waals surface area contributed by atoms with Crippen LogP contribution in [0.5, 0.6) is 0 Å². The molecule has 0 spiro atoms. The second-order valence-electron chi connectivity index (χ2n) is 8.14. The maximum Gasteiger partial charge on any atom is 0.272 e. The van der Waals surface area contributed by atoms with Crippen LogP contribution in [0, 0.1) is 13.8 Å². The fourth-order valence-electron chi connectivity index (χ4n) is 4.28. The average molecular weight is 394 g/mol. The Morgan fingerprint density at radius 3 is 2.31 bits per heavy atom. The SMILES string of the molecule is Cc1cccc(N2CCN(C(=O)c3ccnc(N4CCCCCC4)n3)CC2)c1C. The fourth-order valence-corrected chi connectivity index (χ4v) is 4.28. The molecule has 3 heterocycles. The summed E-state index contributed by atoms with van der Waals surface area (Å²) < 4.78 is 0. The molecule has 0 saturated carbocycles. The van der Waals surface area contributed by atoms with Gasteiger partial charge in [0, 0.05) is 51.2 Å². The molecule has 2 aromatic rings. The van der Waals surface area contributed by atoms with Crippen LogP contribution in [0.25, 0.3) is 0 Å². The van der Waals surface area contributed by atoms with Gasteiger partial charge in [0.1, 0.15) is 5.69 Å². The largest absolute Gasteiger partial charge is 0.368 e. The molecule has 0 radical (unpaired) electrons. The number of aromatic nitrogens is 2. The van der Waals surface area contributed by atoms with Gasteiger partial charge in [-0.3, -0.25) is 4.79 Å². The number of piperazine rings is 1. The molecule has 6 heteroatoms. The van der Waals surface area contributed by atoms with E-state index in [-0.39, 0.29) is 5.91 Å². The summed E-state index contributed by atoms with van der Waals surface area (Å²) in [5, 5.41) is 0. The van der Waals surface area contributed by atoms with E-state index in [0.717, 1.165) is 39.3 Å². The minimum atomic E-state index is 0.0177. The Morgan fingerprint density at radius 2 is 1.59 bits per heavy atom. The van der Waals surface area contributed by atoms with E-state index < -0.39 is 0 Å². The number of carbonyl (C=O) groups is 1. The summed E-state index contributed by atoms with van der Waals surface area (Å²) in [7, 11) is 0. The van der Waals surface area contributed by atoms with Crippen LogP contribution in [0.1, 0.15) is 47.3 Å². The molecule has 4 rings (SSSR count). The third kappa shape index (κ3) is 4.36. The predicted molar refractivity (Wildman–Crippen MR) is 117 cm³/mol. The number of rotatable bonds is 3. The van der Waals surface area contributed by atoms with Gasteiger partial charge >= 0.3 is 0 Å². The lowest BCUT2D eigenvalue weighted by Crippen LogP contribution is -2.49. The highest BCUT2D eigenvalue weighted by molar-refractivity contribution is 5.92. The molecule has 2 saturated heterocycles. The molecule has 2 aliphatic rings. The molecule has 2 fully saturated rings. The molecular weight excluding hydrogens is 362 g/mol. The van der Waals surface area contributed by atoms with Gasteiger partial charge in [-0.25, -0.2) is 9.97 Å². The van der Waals surface area contributed by atoms with Gasteiger partial charge in [0.15, 0.2) is 0 Å². The fraction of sp³-hybridized carbons (Fsp3) is 0.522. The van der Waals surface area contributed by atoms with Crippen LogP contribution in [0.4, 0.5) is 11.6 Å². The van der Waals surface area contributed by atoms with Gasteiger partial charge in [0.2, 0.25) is 5.95 Å². The van der Waals surface area contributed by atoms with Crippen LogP contribution < -0.4 is 9.80 Å². The van der Waals surface area contributed by atoms with Gasteiger partial charge in [-0.15, -0.1) is 0 Å². The third-order valence-electron chi connectivity index (χ3n) is 6.23. The van der Waals surface area contributed by atoms with Crippen LogP contribution in [0.3, 0.4) is 0 Å². The number of nitrogens with zero attached hydrogens (tertiary/aromatic N) is 5. The van der Waals surface area contributed by atoms with E-state index in [1.165, 1.54) is 42.5 Å². The molecule has 1 amide bonds. The Bertz CT molecular complexity index is 852. The monoisotopic (exact) mass is 393 g/mol. The van der Waals surface area contributed by atoms with Crippen LogP contribution >= 0.6 is 0 Å². The lowest BCUT2D eigenvalue weighted by atomic mass is 10.1. The van der Waals surface area contributed by atoms with E-state index in [9.17, 15) is 4.79 Å². The lowest BCUT2D eigenvalue weighted by Gasteiger charge is -2.37. The molecule has 6 nitrogen and oxygen atoms in total. The molecule has 1 aromatic carbocycles. The van der Waals surface area contributed by atoms with Crippen molar-refractivity contribution in [2.45, 2.75) is 39.5 Å². The minimum absolute atomic E-state index is 0.0177. The van der Waals surface area contributed by atoms with Crippen molar-refractivity contribution in [2.24, 2.45) is 0 Å². The number of aryl methyl sites for hydroxylation is 1. The highest BCUT2D eigenvalue weighted by Crippen LogP contribution is 2.24. The van der Waals surface area contributed by atoms with Crippen molar-refractivity contribution in [3.63, 3.8) is 0 Å². The van der Waals surface area contributed by atoms with Crippen molar-refractivity contribution in [2.75, 3.05) is 49.1 Å². The standard InChI is InChI=1S/C23H31N5O/c1-18-8-7-9-21(19(18)2)26-14-16-27(17-15-26)22(29)20-10-11-24-23(25-20)28-12-5-3-4-6-13-28/h7-11H,3-6,12-17H2,1-2H3. The summed E-state index contributed by atoms with van der Waals surface area (Å²) in [6, 6.07) is 8.19. The van der Waals surface area contributed by atoms with Crippen LogP contribution in [0.2, 0.25) is 0 Å². The molecule has 0 atom stereocenters. The summed E-state index contributed by atoms with van der Waals surface area (Å²) in [5.74, 6) is 0.718. The molecule has 0 aliphatic carbocycles. The Balaban J connectivity index is 1.42. The van der Waals surface area contributed by atoms with Gasteiger partial charge in [-0.2, -0.15) is 0 Å². The van der Waals surface area contributed by atoms with Crippen LogP contribution in [-0.4, -0.2) is 60.0 Å². The van der Waals surface area contributed by atoms with Crippen molar-refractivity contribution in [3.8, 4) is 0 Å². The zero-order chi connectivity index (χ0) is 20.2. The molecule has 154 valence electrons. The van der Waals surface area contributed by atoms with Gasteiger partial charge in [0.25, 0.3) is 5.91 Å². The first-order valence-electron chi connectivity index (χ1n) is 10.8.